The van der Waals surface area contributed by atoms with Gasteiger partial charge in [0.2, 0.25) is 5.96 Å². The zero-order chi connectivity index (χ0) is 6.10. The van der Waals surface area contributed by atoms with E-state index in [4.69, 9.17) is 0 Å². The van der Waals surface area contributed by atoms with Gasteiger partial charge in [0.1, 0.15) is 6.67 Å². The standard InChI is InChI=1S/C5H8N4/c1-2-6-5-7-4-8-9(5)3-1/h1,3,8H,2,4H2,(H,6,7). The Morgan fingerprint density at radius 1 is 1.67 bits per heavy atom. The van der Waals surface area contributed by atoms with E-state index in [2.05, 4.69) is 15.7 Å². The first kappa shape index (κ1) is 4.81. The highest BCUT2D eigenvalue weighted by molar-refractivity contribution is 5.82. The van der Waals surface area contributed by atoms with Gasteiger partial charge in [0.25, 0.3) is 0 Å². The van der Waals surface area contributed by atoms with Crippen LogP contribution in [-0.4, -0.2) is 24.2 Å². The second kappa shape index (κ2) is 1.73. The topological polar surface area (TPSA) is 39.7 Å². The number of aliphatic imine (C=N–C) groups is 1. The number of guanidine groups is 1. The van der Waals surface area contributed by atoms with Gasteiger partial charge in [-0.25, -0.2) is 10.4 Å². The maximum absolute atomic E-state index is 4.13. The van der Waals surface area contributed by atoms with Crippen LogP contribution in [0.25, 0.3) is 0 Å². The Morgan fingerprint density at radius 2 is 2.67 bits per heavy atom. The van der Waals surface area contributed by atoms with Gasteiger partial charge in [0, 0.05) is 12.7 Å². The molecule has 9 heavy (non-hydrogen) atoms. The van der Waals surface area contributed by atoms with Gasteiger partial charge in [-0.2, -0.15) is 0 Å². The fourth-order valence-electron chi connectivity index (χ4n) is 0.910. The van der Waals surface area contributed by atoms with E-state index < -0.39 is 0 Å². The summed E-state index contributed by atoms with van der Waals surface area (Å²) in [6.07, 6.45) is 4.01. The van der Waals surface area contributed by atoms with E-state index in [1.54, 1.807) is 0 Å². The molecule has 0 atom stereocenters. The Bertz CT molecular complexity index is 172. The van der Waals surface area contributed by atoms with E-state index in [-0.39, 0.29) is 0 Å². The number of nitrogens with zero attached hydrogens (tertiary/aromatic N) is 2. The molecule has 0 aliphatic carbocycles. The van der Waals surface area contributed by atoms with Gasteiger partial charge in [-0.3, -0.25) is 5.01 Å². The first-order chi connectivity index (χ1) is 4.47. The van der Waals surface area contributed by atoms with Gasteiger partial charge >= 0.3 is 0 Å². The lowest BCUT2D eigenvalue weighted by Crippen LogP contribution is -2.43. The van der Waals surface area contributed by atoms with Crippen molar-refractivity contribution in [3.63, 3.8) is 0 Å². The molecule has 2 N–H and O–H groups in total. The molecule has 0 radical (unpaired) electrons. The molecule has 2 rings (SSSR count). The third-order valence-electron chi connectivity index (χ3n) is 1.33. The Morgan fingerprint density at radius 3 is 3.56 bits per heavy atom. The zero-order valence-corrected chi connectivity index (χ0v) is 4.96. The van der Waals surface area contributed by atoms with Crippen molar-refractivity contribution in [2.45, 2.75) is 0 Å². The molecule has 2 heterocycles. The number of fused-ring (bicyclic) bond motifs is 1. The maximum Gasteiger partial charge on any atom is 0.214 e. The lowest BCUT2D eigenvalue weighted by molar-refractivity contribution is 0.433. The van der Waals surface area contributed by atoms with Crippen LogP contribution in [0.4, 0.5) is 0 Å². The minimum Gasteiger partial charge on any atom is -0.351 e. The Labute approximate surface area is 53.2 Å². The second-order valence-electron chi connectivity index (χ2n) is 1.93. The normalized spacial score (nSPS) is 23.1. The predicted molar refractivity (Wildman–Crippen MR) is 34.4 cm³/mol. The van der Waals surface area contributed by atoms with Gasteiger partial charge in [0.05, 0.1) is 0 Å². The number of nitrogens with one attached hydrogen (secondary N) is 2. The molecule has 0 unspecified atom stereocenters. The van der Waals surface area contributed by atoms with Crippen molar-refractivity contribution < 1.29 is 0 Å². The van der Waals surface area contributed by atoms with Crippen molar-refractivity contribution in [1.29, 1.82) is 0 Å². The molecule has 0 saturated carbocycles. The predicted octanol–water partition coefficient (Wildman–Crippen LogP) is -0.763. The van der Waals surface area contributed by atoms with E-state index >= 15 is 0 Å². The van der Waals surface area contributed by atoms with Crippen LogP contribution in [0, 0.1) is 0 Å². The quantitative estimate of drug-likeness (QED) is 0.446. The average molecular weight is 124 g/mol. The van der Waals surface area contributed by atoms with E-state index in [9.17, 15) is 0 Å². The van der Waals surface area contributed by atoms with Gasteiger partial charge in [-0.05, 0) is 6.08 Å². The fourth-order valence-corrected chi connectivity index (χ4v) is 0.910. The molecule has 0 saturated heterocycles. The largest absolute Gasteiger partial charge is 0.351 e. The molecule has 4 heteroatoms. The molecule has 0 spiro atoms. The van der Waals surface area contributed by atoms with Crippen LogP contribution in [0.5, 0.6) is 0 Å². The molecule has 48 valence electrons. The van der Waals surface area contributed by atoms with Gasteiger partial charge < -0.3 is 5.32 Å². The third-order valence-corrected chi connectivity index (χ3v) is 1.33. The summed E-state index contributed by atoms with van der Waals surface area (Å²) < 4.78 is 0. The third kappa shape index (κ3) is 0.675. The van der Waals surface area contributed by atoms with Crippen molar-refractivity contribution in [3.05, 3.63) is 12.3 Å². The SMILES string of the molecule is C1=CN2NCN=C2NC1. The van der Waals surface area contributed by atoms with E-state index in [1.807, 2.05) is 17.3 Å². The Kier molecular flexibility index (Phi) is 0.927. The first-order valence-electron chi connectivity index (χ1n) is 2.94. The summed E-state index contributed by atoms with van der Waals surface area (Å²) in [5, 5.41) is 4.99. The molecule has 0 aromatic carbocycles. The molecular weight excluding hydrogens is 116 g/mol. The summed E-state index contributed by atoms with van der Waals surface area (Å²) in [5.41, 5.74) is 3.04. The minimum atomic E-state index is 0.687. The molecule has 2 aliphatic rings. The monoisotopic (exact) mass is 124 g/mol. The van der Waals surface area contributed by atoms with Crippen LogP contribution in [-0.2, 0) is 0 Å². The van der Waals surface area contributed by atoms with Crippen molar-refractivity contribution in [2.24, 2.45) is 4.99 Å². The second-order valence-corrected chi connectivity index (χ2v) is 1.93. The number of hydrogen-bond donors (Lipinski definition) is 2. The summed E-state index contributed by atoms with van der Waals surface area (Å²) in [6, 6.07) is 0. The maximum atomic E-state index is 4.13. The van der Waals surface area contributed by atoms with Crippen molar-refractivity contribution in [1.82, 2.24) is 15.8 Å². The number of hydrazine groups is 1. The van der Waals surface area contributed by atoms with Gasteiger partial charge in [0.15, 0.2) is 0 Å². The van der Waals surface area contributed by atoms with Crippen LogP contribution in [0.2, 0.25) is 0 Å². The van der Waals surface area contributed by atoms with Crippen molar-refractivity contribution >= 4 is 5.96 Å². The fraction of sp³-hybridized carbons (Fsp3) is 0.400. The van der Waals surface area contributed by atoms with Crippen molar-refractivity contribution in [2.75, 3.05) is 13.2 Å². The summed E-state index contributed by atoms with van der Waals surface area (Å²) in [7, 11) is 0. The summed E-state index contributed by atoms with van der Waals surface area (Å²) in [6.45, 7) is 1.57. The van der Waals surface area contributed by atoms with Crippen LogP contribution in [0.15, 0.2) is 17.3 Å². The summed E-state index contributed by atoms with van der Waals surface area (Å²) >= 11 is 0. The number of hydrogen-bond acceptors (Lipinski definition) is 4. The lowest BCUT2D eigenvalue weighted by atomic mass is 10.5. The van der Waals surface area contributed by atoms with Crippen LogP contribution < -0.4 is 10.7 Å². The van der Waals surface area contributed by atoms with E-state index in [1.165, 1.54) is 0 Å². The van der Waals surface area contributed by atoms with E-state index in [0.29, 0.717) is 6.67 Å². The Hall–Kier alpha value is -1.03. The van der Waals surface area contributed by atoms with Gasteiger partial charge in [-0.1, -0.05) is 0 Å². The Balaban J connectivity index is 2.23. The highest BCUT2D eigenvalue weighted by Gasteiger charge is 2.14. The highest BCUT2D eigenvalue weighted by Crippen LogP contribution is 1.97. The minimum absolute atomic E-state index is 0.687. The molecule has 4 nitrogen and oxygen atoms in total. The van der Waals surface area contributed by atoms with E-state index in [0.717, 1.165) is 12.5 Å². The molecular formula is C5H8N4. The van der Waals surface area contributed by atoms with Crippen molar-refractivity contribution in [3.8, 4) is 0 Å². The zero-order valence-electron chi connectivity index (χ0n) is 4.96. The molecule has 0 fully saturated rings. The molecule has 0 bridgehead atoms. The summed E-state index contributed by atoms with van der Waals surface area (Å²) in [5.74, 6) is 0.928. The average Bonchev–Trinajstić information content (AvgIpc) is 2.33. The molecule has 0 amide bonds. The van der Waals surface area contributed by atoms with Crippen LogP contribution >= 0.6 is 0 Å². The van der Waals surface area contributed by atoms with Crippen LogP contribution in [0.3, 0.4) is 0 Å². The molecule has 2 aliphatic heterocycles. The lowest BCUT2D eigenvalue weighted by Gasteiger charge is -2.19. The number of rotatable bonds is 0. The molecule has 0 aromatic heterocycles. The smallest absolute Gasteiger partial charge is 0.214 e. The van der Waals surface area contributed by atoms with Gasteiger partial charge in [-0.15, -0.1) is 0 Å². The van der Waals surface area contributed by atoms with Crippen LogP contribution in [0.1, 0.15) is 0 Å². The molecule has 0 aromatic rings. The summed E-state index contributed by atoms with van der Waals surface area (Å²) in [4.78, 5) is 4.13. The first-order valence-corrected chi connectivity index (χ1v) is 2.94. The highest BCUT2D eigenvalue weighted by atomic mass is 15.6.